The van der Waals surface area contributed by atoms with E-state index in [2.05, 4.69) is 15.5 Å². The molecule has 18 heavy (non-hydrogen) atoms. The molecule has 0 saturated heterocycles. The van der Waals surface area contributed by atoms with Gasteiger partial charge in [-0.15, -0.1) is 0 Å². The first-order valence-corrected chi connectivity index (χ1v) is 4.98. The van der Waals surface area contributed by atoms with Crippen molar-refractivity contribution in [2.24, 2.45) is 0 Å². The van der Waals surface area contributed by atoms with Crippen molar-refractivity contribution < 1.29 is 9.18 Å². The summed E-state index contributed by atoms with van der Waals surface area (Å²) < 4.78 is 13.0. The number of halogens is 1. The summed E-state index contributed by atoms with van der Waals surface area (Å²) in [4.78, 5) is 22.5. The smallest absolute Gasteiger partial charge is 0.276 e. The van der Waals surface area contributed by atoms with E-state index >= 15 is 0 Å². The van der Waals surface area contributed by atoms with Crippen molar-refractivity contribution in [3.05, 3.63) is 52.2 Å². The number of amides is 1. The first kappa shape index (κ1) is 11.8. The standard InChI is InChI=1S/C11H9FN4O2/c12-6-3-7(13)5-8(4-6)14-11(18)9-1-2-10(17)16-15-9/h1-5H,13H2,(H,14,18)(H,16,17). The minimum atomic E-state index is -0.573. The lowest BCUT2D eigenvalue weighted by molar-refractivity contribution is 0.102. The second-order valence-corrected chi connectivity index (χ2v) is 3.53. The van der Waals surface area contributed by atoms with Gasteiger partial charge in [-0.2, -0.15) is 5.10 Å². The van der Waals surface area contributed by atoms with Crippen LogP contribution in [0.15, 0.2) is 35.1 Å². The summed E-state index contributed by atoms with van der Waals surface area (Å²) in [7, 11) is 0. The number of carbonyl (C=O) groups excluding carboxylic acids is 1. The summed E-state index contributed by atoms with van der Waals surface area (Å²) in [6, 6.07) is 6.10. The van der Waals surface area contributed by atoms with Crippen molar-refractivity contribution >= 4 is 17.3 Å². The predicted molar refractivity (Wildman–Crippen MR) is 63.6 cm³/mol. The predicted octanol–water partition coefficient (Wildman–Crippen LogP) is 0.744. The average molecular weight is 248 g/mol. The number of nitrogens with zero attached hydrogens (tertiary/aromatic N) is 1. The van der Waals surface area contributed by atoms with Gasteiger partial charge in [-0.05, 0) is 24.3 Å². The summed E-state index contributed by atoms with van der Waals surface area (Å²) in [5.41, 5.74) is 5.44. The van der Waals surface area contributed by atoms with Crippen molar-refractivity contribution in [3.8, 4) is 0 Å². The second-order valence-electron chi connectivity index (χ2n) is 3.53. The highest BCUT2D eigenvalue weighted by molar-refractivity contribution is 6.02. The molecule has 0 spiro atoms. The molecule has 0 aliphatic rings. The molecule has 2 rings (SSSR count). The van der Waals surface area contributed by atoms with Gasteiger partial charge in [0, 0.05) is 17.4 Å². The van der Waals surface area contributed by atoms with Crippen LogP contribution in [0.25, 0.3) is 0 Å². The number of nitrogens with one attached hydrogen (secondary N) is 2. The van der Waals surface area contributed by atoms with Crippen molar-refractivity contribution in [1.82, 2.24) is 10.2 Å². The van der Waals surface area contributed by atoms with Gasteiger partial charge in [-0.1, -0.05) is 0 Å². The number of rotatable bonds is 2. The number of aromatic amines is 1. The van der Waals surface area contributed by atoms with Crippen LogP contribution in [0.1, 0.15) is 10.5 Å². The lowest BCUT2D eigenvalue weighted by Gasteiger charge is -2.05. The van der Waals surface area contributed by atoms with E-state index in [1.807, 2.05) is 0 Å². The molecule has 0 aliphatic carbocycles. The van der Waals surface area contributed by atoms with Crippen LogP contribution >= 0.6 is 0 Å². The minimum Gasteiger partial charge on any atom is -0.399 e. The summed E-state index contributed by atoms with van der Waals surface area (Å²) in [5, 5.41) is 8.08. The third-order valence-electron chi connectivity index (χ3n) is 2.09. The normalized spacial score (nSPS) is 10.1. The zero-order valence-corrected chi connectivity index (χ0v) is 9.11. The lowest BCUT2D eigenvalue weighted by atomic mass is 10.2. The molecule has 6 nitrogen and oxygen atoms in total. The second kappa shape index (κ2) is 4.66. The van der Waals surface area contributed by atoms with Gasteiger partial charge >= 0.3 is 0 Å². The van der Waals surface area contributed by atoms with Crippen molar-refractivity contribution in [3.63, 3.8) is 0 Å². The molecule has 1 heterocycles. The Morgan fingerprint density at radius 2 is 2.11 bits per heavy atom. The maximum atomic E-state index is 13.0. The van der Waals surface area contributed by atoms with Crippen LogP contribution in [0.5, 0.6) is 0 Å². The van der Waals surface area contributed by atoms with Crippen LogP contribution in [0.3, 0.4) is 0 Å². The number of carbonyl (C=O) groups is 1. The van der Waals surface area contributed by atoms with Gasteiger partial charge < -0.3 is 11.1 Å². The average Bonchev–Trinajstić information content (AvgIpc) is 2.28. The largest absolute Gasteiger partial charge is 0.399 e. The highest BCUT2D eigenvalue weighted by atomic mass is 19.1. The maximum Gasteiger partial charge on any atom is 0.276 e. The molecule has 0 unspecified atom stereocenters. The third kappa shape index (κ3) is 2.70. The molecule has 0 radical (unpaired) electrons. The fraction of sp³-hybridized carbons (Fsp3) is 0. The Morgan fingerprint density at radius 3 is 2.72 bits per heavy atom. The molecule has 0 atom stereocenters. The van der Waals surface area contributed by atoms with Crippen LogP contribution in [0.2, 0.25) is 0 Å². The van der Waals surface area contributed by atoms with E-state index in [0.717, 1.165) is 12.1 Å². The minimum absolute atomic E-state index is 0.0115. The maximum absolute atomic E-state index is 13.0. The summed E-state index contributed by atoms with van der Waals surface area (Å²) in [5.74, 6) is -1.13. The number of H-pyrrole nitrogens is 1. The molecule has 7 heteroatoms. The SMILES string of the molecule is Nc1cc(F)cc(NC(=O)c2ccc(=O)[nH]n2)c1. The van der Waals surface area contributed by atoms with Gasteiger partial charge in [0.15, 0.2) is 0 Å². The van der Waals surface area contributed by atoms with Crippen LogP contribution in [-0.4, -0.2) is 16.1 Å². The molecule has 0 fully saturated rings. The molecule has 1 aromatic heterocycles. The first-order chi connectivity index (χ1) is 8.54. The van der Waals surface area contributed by atoms with E-state index in [1.54, 1.807) is 0 Å². The summed E-state index contributed by atoms with van der Waals surface area (Å²) in [6.45, 7) is 0. The fourth-order valence-corrected chi connectivity index (χ4v) is 1.35. The van der Waals surface area contributed by atoms with E-state index in [1.165, 1.54) is 18.2 Å². The van der Waals surface area contributed by atoms with E-state index in [-0.39, 0.29) is 17.1 Å². The Morgan fingerprint density at radius 1 is 1.33 bits per heavy atom. The summed E-state index contributed by atoms with van der Waals surface area (Å²) in [6.07, 6.45) is 0. The number of hydrogen-bond acceptors (Lipinski definition) is 4. The molecule has 0 aliphatic heterocycles. The van der Waals surface area contributed by atoms with E-state index in [9.17, 15) is 14.0 Å². The molecule has 2 aromatic rings. The highest BCUT2D eigenvalue weighted by Crippen LogP contribution is 2.15. The molecular formula is C11H9FN4O2. The number of aromatic nitrogens is 2. The highest BCUT2D eigenvalue weighted by Gasteiger charge is 2.08. The Kier molecular flexibility index (Phi) is 3.05. The third-order valence-corrected chi connectivity index (χ3v) is 2.09. The number of nitrogen functional groups attached to an aromatic ring is 1. The molecule has 92 valence electrons. The molecule has 0 bridgehead atoms. The molecular weight excluding hydrogens is 239 g/mol. The Balaban J connectivity index is 2.21. The number of benzene rings is 1. The number of hydrogen-bond donors (Lipinski definition) is 3. The zero-order valence-electron chi connectivity index (χ0n) is 9.11. The lowest BCUT2D eigenvalue weighted by Crippen LogP contribution is -2.17. The van der Waals surface area contributed by atoms with E-state index < -0.39 is 17.3 Å². The monoisotopic (exact) mass is 248 g/mol. The molecule has 0 saturated carbocycles. The van der Waals surface area contributed by atoms with Crippen molar-refractivity contribution in [2.45, 2.75) is 0 Å². The van der Waals surface area contributed by atoms with Gasteiger partial charge in [0.25, 0.3) is 11.5 Å². The number of anilines is 2. The Hall–Kier alpha value is -2.70. The van der Waals surface area contributed by atoms with Crippen LogP contribution in [-0.2, 0) is 0 Å². The number of nitrogens with two attached hydrogens (primary N) is 1. The van der Waals surface area contributed by atoms with Crippen molar-refractivity contribution in [2.75, 3.05) is 11.1 Å². The van der Waals surface area contributed by atoms with Gasteiger partial charge in [0.2, 0.25) is 0 Å². The molecule has 1 amide bonds. The van der Waals surface area contributed by atoms with Crippen LogP contribution in [0, 0.1) is 5.82 Å². The van der Waals surface area contributed by atoms with Gasteiger partial charge in [0.05, 0.1) is 0 Å². The van der Waals surface area contributed by atoms with Crippen LogP contribution in [0.4, 0.5) is 15.8 Å². The first-order valence-electron chi connectivity index (χ1n) is 4.98. The Bertz CT molecular complexity index is 613. The van der Waals surface area contributed by atoms with Crippen molar-refractivity contribution in [1.29, 1.82) is 0 Å². The molecule has 1 aromatic carbocycles. The fourth-order valence-electron chi connectivity index (χ4n) is 1.35. The summed E-state index contributed by atoms with van der Waals surface area (Å²) >= 11 is 0. The van der Waals surface area contributed by atoms with E-state index in [4.69, 9.17) is 5.73 Å². The van der Waals surface area contributed by atoms with Gasteiger partial charge in [-0.25, -0.2) is 9.49 Å². The van der Waals surface area contributed by atoms with Gasteiger partial charge in [-0.3, -0.25) is 9.59 Å². The quantitative estimate of drug-likeness (QED) is 0.682. The Labute approximate surface area is 101 Å². The zero-order chi connectivity index (χ0) is 13.1. The topological polar surface area (TPSA) is 101 Å². The van der Waals surface area contributed by atoms with E-state index in [0.29, 0.717) is 0 Å². The van der Waals surface area contributed by atoms with Crippen LogP contribution < -0.4 is 16.6 Å². The molecule has 4 N–H and O–H groups in total. The van der Waals surface area contributed by atoms with Gasteiger partial charge in [0.1, 0.15) is 11.5 Å².